The number of anilines is 1. The molecule has 184 valence electrons. The lowest BCUT2D eigenvalue weighted by Crippen LogP contribution is -2.53. The van der Waals surface area contributed by atoms with Gasteiger partial charge in [-0.3, -0.25) is 9.69 Å². The quantitative estimate of drug-likeness (QED) is 0.625. The fourth-order valence-electron chi connectivity index (χ4n) is 3.99. The number of nitrogens with one attached hydrogen (secondary N) is 1. The summed E-state index contributed by atoms with van der Waals surface area (Å²) in [6.45, 7) is 4.20. The van der Waals surface area contributed by atoms with Crippen molar-refractivity contribution < 1.29 is 32.2 Å². The van der Waals surface area contributed by atoms with Crippen molar-refractivity contribution in [1.82, 2.24) is 9.21 Å². The monoisotopic (exact) mass is 491 g/mol. The zero-order valence-electron chi connectivity index (χ0n) is 19.4. The van der Waals surface area contributed by atoms with Gasteiger partial charge in [0.15, 0.2) is 23.0 Å². The van der Waals surface area contributed by atoms with E-state index >= 15 is 0 Å². The third-order valence-electron chi connectivity index (χ3n) is 6.00. The smallest absolute Gasteiger partial charge is 0.243 e. The highest BCUT2D eigenvalue weighted by atomic mass is 32.2. The lowest BCUT2D eigenvalue weighted by Gasteiger charge is -2.36. The molecule has 11 heteroatoms. The SMILES string of the molecule is COc1ccc(S(=O)(=O)N2CCN(C(C)C(=O)Nc3ccc4c(c3)OCCO4)CC2)cc1OC. The molecule has 2 aromatic carbocycles. The summed E-state index contributed by atoms with van der Waals surface area (Å²) in [5.74, 6) is 1.90. The number of carbonyl (C=O) groups excluding carboxylic acids is 1. The van der Waals surface area contributed by atoms with Gasteiger partial charge in [-0.2, -0.15) is 4.31 Å². The number of sulfonamides is 1. The Labute approximate surface area is 199 Å². The Hall–Kier alpha value is -3.02. The molecule has 2 heterocycles. The standard InChI is InChI=1S/C23H29N3O7S/c1-16(23(27)24-17-4-6-20-22(14-17)33-13-12-32-20)25-8-10-26(11-9-25)34(28,29)18-5-7-19(30-2)21(15-18)31-3/h4-7,14-16H,8-13H2,1-3H3,(H,24,27). The summed E-state index contributed by atoms with van der Waals surface area (Å²) >= 11 is 0. The van der Waals surface area contributed by atoms with Gasteiger partial charge in [-0.25, -0.2) is 8.42 Å². The van der Waals surface area contributed by atoms with Crippen LogP contribution in [0.5, 0.6) is 23.0 Å². The second kappa shape index (κ2) is 10.1. The number of nitrogens with zero attached hydrogens (tertiary/aromatic N) is 2. The van der Waals surface area contributed by atoms with Crippen LogP contribution in [0.1, 0.15) is 6.92 Å². The maximum absolute atomic E-state index is 13.1. The molecule has 0 spiro atoms. The molecule has 1 atom stereocenters. The average Bonchev–Trinajstić information content (AvgIpc) is 2.87. The third kappa shape index (κ3) is 4.91. The van der Waals surface area contributed by atoms with Crippen molar-refractivity contribution in [2.45, 2.75) is 17.9 Å². The normalized spacial score (nSPS) is 17.6. The Bertz CT molecular complexity index is 1150. The van der Waals surface area contributed by atoms with Crippen LogP contribution in [0.25, 0.3) is 0 Å². The lowest BCUT2D eigenvalue weighted by atomic mass is 10.2. The number of hydrogen-bond donors (Lipinski definition) is 1. The first kappa shape index (κ1) is 24.1. The van der Waals surface area contributed by atoms with E-state index in [1.54, 1.807) is 24.3 Å². The van der Waals surface area contributed by atoms with Crippen molar-refractivity contribution in [3.63, 3.8) is 0 Å². The van der Waals surface area contributed by atoms with Gasteiger partial charge in [0.05, 0.1) is 25.2 Å². The minimum Gasteiger partial charge on any atom is -0.493 e. The van der Waals surface area contributed by atoms with Crippen LogP contribution in [0.2, 0.25) is 0 Å². The number of rotatable bonds is 7. The molecular formula is C23H29N3O7S. The van der Waals surface area contributed by atoms with Gasteiger partial charge in [0.2, 0.25) is 15.9 Å². The van der Waals surface area contributed by atoms with Crippen molar-refractivity contribution in [2.75, 3.05) is 58.9 Å². The zero-order valence-corrected chi connectivity index (χ0v) is 20.3. The molecule has 1 fully saturated rings. The van der Waals surface area contributed by atoms with E-state index in [9.17, 15) is 13.2 Å². The molecular weight excluding hydrogens is 462 g/mol. The minimum atomic E-state index is -3.70. The molecule has 0 radical (unpaired) electrons. The number of ether oxygens (including phenoxy) is 4. The Morgan fingerprint density at radius 3 is 2.29 bits per heavy atom. The first-order valence-electron chi connectivity index (χ1n) is 11.0. The Kier molecular flexibility index (Phi) is 7.15. The van der Waals surface area contributed by atoms with E-state index in [4.69, 9.17) is 18.9 Å². The molecule has 1 unspecified atom stereocenters. The number of amides is 1. The summed E-state index contributed by atoms with van der Waals surface area (Å²) in [6.07, 6.45) is 0. The van der Waals surface area contributed by atoms with E-state index in [0.717, 1.165) is 0 Å². The second-order valence-electron chi connectivity index (χ2n) is 7.98. The molecule has 1 saturated heterocycles. The number of benzene rings is 2. The first-order chi connectivity index (χ1) is 16.3. The van der Waals surface area contributed by atoms with Gasteiger partial charge in [0.1, 0.15) is 13.2 Å². The first-order valence-corrected chi connectivity index (χ1v) is 12.4. The number of carbonyl (C=O) groups is 1. The maximum atomic E-state index is 13.1. The van der Waals surface area contributed by atoms with Crippen LogP contribution in [0.4, 0.5) is 5.69 Å². The van der Waals surface area contributed by atoms with Crippen molar-refractivity contribution in [3.8, 4) is 23.0 Å². The van der Waals surface area contributed by atoms with E-state index in [2.05, 4.69) is 5.32 Å². The second-order valence-corrected chi connectivity index (χ2v) is 9.92. The molecule has 1 amide bonds. The molecule has 10 nitrogen and oxygen atoms in total. The van der Waals surface area contributed by atoms with Gasteiger partial charge < -0.3 is 24.3 Å². The largest absolute Gasteiger partial charge is 0.493 e. The predicted octanol–water partition coefficient (Wildman–Crippen LogP) is 1.81. The van der Waals surface area contributed by atoms with E-state index in [1.807, 2.05) is 11.8 Å². The van der Waals surface area contributed by atoms with Crippen molar-refractivity contribution in [3.05, 3.63) is 36.4 Å². The van der Waals surface area contributed by atoms with Gasteiger partial charge >= 0.3 is 0 Å². The Morgan fingerprint density at radius 1 is 0.941 bits per heavy atom. The van der Waals surface area contributed by atoms with E-state index in [-0.39, 0.29) is 23.9 Å². The molecule has 0 aliphatic carbocycles. The molecule has 0 aromatic heterocycles. The summed E-state index contributed by atoms with van der Waals surface area (Å²) in [6, 6.07) is 9.40. The molecule has 2 aliphatic rings. The van der Waals surface area contributed by atoms with Crippen LogP contribution >= 0.6 is 0 Å². The number of hydrogen-bond acceptors (Lipinski definition) is 8. The van der Waals surface area contributed by atoms with Crippen LogP contribution in [0.3, 0.4) is 0 Å². The third-order valence-corrected chi connectivity index (χ3v) is 7.90. The van der Waals surface area contributed by atoms with Crippen LogP contribution in [-0.4, -0.2) is 83.2 Å². The molecule has 1 N–H and O–H groups in total. The predicted molar refractivity (Wildman–Crippen MR) is 125 cm³/mol. The van der Waals surface area contributed by atoms with Gasteiger partial charge in [0.25, 0.3) is 0 Å². The van der Waals surface area contributed by atoms with Crippen molar-refractivity contribution in [1.29, 1.82) is 0 Å². The Balaban J connectivity index is 1.37. The van der Waals surface area contributed by atoms with E-state index in [0.29, 0.717) is 55.0 Å². The van der Waals surface area contributed by atoms with Crippen LogP contribution in [0.15, 0.2) is 41.3 Å². The van der Waals surface area contributed by atoms with E-state index < -0.39 is 16.1 Å². The van der Waals surface area contributed by atoms with Gasteiger partial charge in [0, 0.05) is 44.0 Å². The summed E-state index contributed by atoms with van der Waals surface area (Å²) in [4.78, 5) is 14.9. The van der Waals surface area contributed by atoms with Crippen molar-refractivity contribution >= 4 is 21.6 Å². The summed E-state index contributed by atoms with van der Waals surface area (Å²) in [5.41, 5.74) is 0.621. The molecule has 2 aromatic rings. The van der Waals surface area contributed by atoms with Crippen LogP contribution in [0, 0.1) is 0 Å². The number of fused-ring (bicyclic) bond motifs is 1. The molecule has 0 saturated carbocycles. The summed E-state index contributed by atoms with van der Waals surface area (Å²) < 4.78 is 49.2. The molecule has 0 bridgehead atoms. The van der Waals surface area contributed by atoms with Gasteiger partial charge in [-0.1, -0.05) is 0 Å². The summed E-state index contributed by atoms with van der Waals surface area (Å²) in [5, 5.41) is 2.91. The fourth-order valence-corrected chi connectivity index (χ4v) is 5.43. The maximum Gasteiger partial charge on any atom is 0.243 e. The Morgan fingerprint density at radius 2 is 1.62 bits per heavy atom. The molecule has 2 aliphatic heterocycles. The highest BCUT2D eigenvalue weighted by Crippen LogP contribution is 2.33. The zero-order chi connectivity index (χ0) is 24.3. The van der Waals surface area contributed by atoms with Gasteiger partial charge in [-0.05, 0) is 31.2 Å². The number of piperazine rings is 1. The number of methoxy groups -OCH3 is 2. The highest BCUT2D eigenvalue weighted by molar-refractivity contribution is 7.89. The fraction of sp³-hybridized carbons (Fsp3) is 0.435. The highest BCUT2D eigenvalue weighted by Gasteiger charge is 2.32. The summed E-state index contributed by atoms with van der Waals surface area (Å²) in [7, 11) is -0.742. The van der Waals surface area contributed by atoms with Crippen LogP contribution < -0.4 is 24.3 Å². The topological polar surface area (TPSA) is 107 Å². The lowest BCUT2D eigenvalue weighted by molar-refractivity contribution is -0.121. The van der Waals surface area contributed by atoms with Gasteiger partial charge in [-0.15, -0.1) is 0 Å². The van der Waals surface area contributed by atoms with E-state index in [1.165, 1.54) is 30.7 Å². The molecule has 4 rings (SSSR count). The molecule has 34 heavy (non-hydrogen) atoms. The minimum absolute atomic E-state index is 0.142. The van der Waals surface area contributed by atoms with Crippen molar-refractivity contribution in [2.24, 2.45) is 0 Å². The van der Waals surface area contributed by atoms with Crippen LogP contribution in [-0.2, 0) is 14.8 Å². The average molecular weight is 492 g/mol.